The standard InChI is InChI=1S/C31H36N6O2/c1-24(31(38)34(2)30-14-11-27(23-32-30)25-7-5-4-6-8-25)37(18-17-36-19-21-39-22-20-36)28-12-9-26(10-13-28)29-15-16-33-35(29)3/h4-16,23-24H,17-22H2,1-3H3. The number of nitrogens with zero attached hydrogens (tertiary/aromatic N) is 6. The number of pyridine rings is 1. The van der Waals surface area contributed by atoms with Crippen molar-refractivity contribution < 1.29 is 9.53 Å². The Hall–Kier alpha value is -4.01. The van der Waals surface area contributed by atoms with Gasteiger partial charge in [0, 0.05) is 63.9 Å². The smallest absolute Gasteiger partial charge is 0.250 e. The minimum Gasteiger partial charge on any atom is -0.379 e. The lowest BCUT2D eigenvalue weighted by Crippen LogP contribution is -2.49. The van der Waals surface area contributed by atoms with E-state index in [-0.39, 0.29) is 11.9 Å². The number of carbonyl (C=O) groups excluding carboxylic acids is 1. The summed E-state index contributed by atoms with van der Waals surface area (Å²) >= 11 is 0. The third-order valence-corrected chi connectivity index (χ3v) is 7.43. The Morgan fingerprint density at radius 2 is 1.67 bits per heavy atom. The van der Waals surface area contributed by atoms with Crippen LogP contribution in [0.1, 0.15) is 6.92 Å². The lowest BCUT2D eigenvalue weighted by Gasteiger charge is -2.35. The molecule has 1 aliphatic heterocycles. The number of aryl methyl sites for hydroxylation is 1. The first-order valence-corrected chi connectivity index (χ1v) is 13.5. The number of ether oxygens (including phenoxy) is 1. The average Bonchev–Trinajstić information content (AvgIpc) is 3.43. The van der Waals surface area contributed by atoms with Gasteiger partial charge in [-0.1, -0.05) is 42.5 Å². The number of hydrogen-bond acceptors (Lipinski definition) is 6. The van der Waals surface area contributed by atoms with Gasteiger partial charge in [-0.2, -0.15) is 5.10 Å². The molecule has 2 aromatic carbocycles. The molecule has 1 fully saturated rings. The van der Waals surface area contributed by atoms with E-state index in [1.807, 2.05) is 61.2 Å². The molecular formula is C31H36N6O2. The highest BCUT2D eigenvalue weighted by Crippen LogP contribution is 2.26. The van der Waals surface area contributed by atoms with E-state index in [9.17, 15) is 4.79 Å². The zero-order chi connectivity index (χ0) is 27.2. The van der Waals surface area contributed by atoms with Gasteiger partial charge in [0.2, 0.25) is 5.91 Å². The molecular weight excluding hydrogens is 488 g/mol. The number of likely N-dealkylation sites (N-methyl/N-ethyl adjacent to an activating group) is 1. The Kier molecular flexibility index (Phi) is 8.34. The summed E-state index contributed by atoms with van der Waals surface area (Å²) in [6.07, 6.45) is 3.63. The summed E-state index contributed by atoms with van der Waals surface area (Å²) in [5.41, 5.74) is 5.27. The van der Waals surface area contributed by atoms with Gasteiger partial charge in [0.15, 0.2) is 0 Å². The van der Waals surface area contributed by atoms with Crippen molar-refractivity contribution in [1.82, 2.24) is 19.7 Å². The van der Waals surface area contributed by atoms with E-state index >= 15 is 0 Å². The molecule has 1 unspecified atom stereocenters. The molecule has 5 rings (SSSR count). The molecule has 202 valence electrons. The van der Waals surface area contributed by atoms with Gasteiger partial charge in [-0.15, -0.1) is 0 Å². The molecule has 8 nitrogen and oxygen atoms in total. The predicted molar refractivity (Wildman–Crippen MR) is 156 cm³/mol. The fourth-order valence-electron chi connectivity index (χ4n) is 5.01. The summed E-state index contributed by atoms with van der Waals surface area (Å²) < 4.78 is 7.39. The number of hydrogen-bond donors (Lipinski definition) is 0. The Morgan fingerprint density at radius 3 is 2.31 bits per heavy atom. The van der Waals surface area contributed by atoms with Crippen LogP contribution in [-0.2, 0) is 16.6 Å². The highest BCUT2D eigenvalue weighted by Gasteiger charge is 2.27. The molecule has 2 aromatic heterocycles. The van der Waals surface area contributed by atoms with Crippen LogP contribution in [0.25, 0.3) is 22.4 Å². The minimum atomic E-state index is -0.380. The van der Waals surface area contributed by atoms with Crippen molar-refractivity contribution in [3.63, 3.8) is 0 Å². The summed E-state index contributed by atoms with van der Waals surface area (Å²) in [5.74, 6) is 0.624. The zero-order valence-corrected chi connectivity index (χ0v) is 22.9. The van der Waals surface area contributed by atoms with Crippen LogP contribution in [0.4, 0.5) is 11.5 Å². The van der Waals surface area contributed by atoms with E-state index in [2.05, 4.69) is 56.3 Å². The lowest BCUT2D eigenvalue weighted by atomic mass is 10.1. The Morgan fingerprint density at radius 1 is 0.949 bits per heavy atom. The van der Waals surface area contributed by atoms with Crippen LogP contribution in [0.15, 0.2) is 85.2 Å². The molecule has 0 bridgehead atoms. The second-order valence-corrected chi connectivity index (χ2v) is 9.88. The van der Waals surface area contributed by atoms with Crippen molar-refractivity contribution in [2.24, 2.45) is 7.05 Å². The maximum absolute atomic E-state index is 13.8. The van der Waals surface area contributed by atoms with Crippen LogP contribution in [0.2, 0.25) is 0 Å². The Labute approximate surface area is 230 Å². The monoisotopic (exact) mass is 524 g/mol. The van der Waals surface area contributed by atoms with Gasteiger partial charge in [0.25, 0.3) is 0 Å². The largest absolute Gasteiger partial charge is 0.379 e. The lowest BCUT2D eigenvalue weighted by molar-refractivity contribution is -0.119. The molecule has 1 atom stereocenters. The van der Waals surface area contributed by atoms with E-state index < -0.39 is 0 Å². The molecule has 1 aliphatic rings. The van der Waals surface area contributed by atoms with Gasteiger partial charge in [0.1, 0.15) is 11.9 Å². The molecule has 0 N–H and O–H groups in total. The summed E-state index contributed by atoms with van der Waals surface area (Å²) in [6.45, 7) is 6.89. The second-order valence-electron chi connectivity index (χ2n) is 9.88. The van der Waals surface area contributed by atoms with Crippen molar-refractivity contribution in [2.75, 3.05) is 56.2 Å². The topological polar surface area (TPSA) is 66.7 Å². The maximum Gasteiger partial charge on any atom is 0.250 e. The number of aromatic nitrogens is 3. The quantitative estimate of drug-likeness (QED) is 0.325. The highest BCUT2D eigenvalue weighted by molar-refractivity contribution is 5.97. The summed E-state index contributed by atoms with van der Waals surface area (Å²) in [6, 6.07) is 24.1. The number of rotatable bonds is 9. The predicted octanol–water partition coefficient (Wildman–Crippen LogP) is 4.34. The first-order valence-electron chi connectivity index (χ1n) is 13.5. The fraction of sp³-hybridized carbons (Fsp3) is 0.323. The van der Waals surface area contributed by atoms with Gasteiger partial charge in [-0.05, 0) is 48.4 Å². The fourth-order valence-corrected chi connectivity index (χ4v) is 5.01. The normalized spacial score (nSPS) is 14.6. The highest BCUT2D eigenvalue weighted by atomic mass is 16.5. The molecule has 1 amide bonds. The Balaban J connectivity index is 1.34. The van der Waals surface area contributed by atoms with Crippen molar-refractivity contribution in [2.45, 2.75) is 13.0 Å². The SMILES string of the molecule is CC(C(=O)N(C)c1ccc(-c2ccccc2)cn1)N(CCN1CCOCC1)c1ccc(-c2ccnn2C)cc1. The third kappa shape index (κ3) is 6.19. The van der Waals surface area contributed by atoms with E-state index in [0.717, 1.165) is 67.5 Å². The number of carbonyl (C=O) groups is 1. The minimum absolute atomic E-state index is 0.00681. The average molecular weight is 525 g/mol. The number of benzene rings is 2. The molecule has 4 aromatic rings. The summed E-state index contributed by atoms with van der Waals surface area (Å²) in [4.78, 5) is 24.6. The molecule has 8 heteroatoms. The van der Waals surface area contributed by atoms with Gasteiger partial charge in [-0.3, -0.25) is 19.3 Å². The van der Waals surface area contributed by atoms with Gasteiger partial charge >= 0.3 is 0 Å². The number of morpholine rings is 1. The van der Waals surface area contributed by atoms with E-state index in [1.54, 1.807) is 18.1 Å². The first-order chi connectivity index (χ1) is 19.0. The van der Waals surface area contributed by atoms with Crippen LogP contribution < -0.4 is 9.80 Å². The van der Waals surface area contributed by atoms with E-state index in [1.165, 1.54) is 0 Å². The summed E-state index contributed by atoms with van der Waals surface area (Å²) in [5, 5.41) is 4.29. The molecule has 0 saturated carbocycles. The van der Waals surface area contributed by atoms with Gasteiger partial charge < -0.3 is 9.64 Å². The molecule has 1 saturated heterocycles. The molecule has 0 aliphatic carbocycles. The third-order valence-electron chi connectivity index (χ3n) is 7.43. The van der Waals surface area contributed by atoms with Crippen LogP contribution >= 0.6 is 0 Å². The number of anilines is 2. The van der Waals surface area contributed by atoms with Gasteiger partial charge in [-0.25, -0.2) is 4.98 Å². The van der Waals surface area contributed by atoms with Crippen LogP contribution in [0, 0.1) is 0 Å². The van der Waals surface area contributed by atoms with Crippen molar-refractivity contribution in [1.29, 1.82) is 0 Å². The van der Waals surface area contributed by atoms with Crippen molar-refractivity contribution in [3.8, 4) is 22.4 Å². The van der Waals surface area contributed by atoms with E-state index in [0.29, 0.717) is 5.82 Å². The van der Waals surface area contributed by atoms with Crippen molar-refractivity contribution in [3.05, 3.63) is 85.2 Å². The second kappa shape index (κ2) is 12.2. The van der Waals surface area contributed by atoms with Crippen molar-refractivity contribution >= 4 is 17.4 Å². The number of amides is 1. The van der Waals surface area contributed by atoms with E-state index in [4.69, 9.17) is 4.74 Å². The maximum atomic E-state index is 13.8. The molecule has 0 radical (unpaired) electrons. The molecule has 39 heavy (non-hydrogen) atoms. The Bertz CT molecular complexity index is 1350. The zero-order valence-electron chi connectivity index (χ0n) is 22.9. The van der Waals surface area contributed by atoms with Crippen LogP contribution in [-0.4, -0.2) is 78.1 Å². The molecule has 0 spiro atoms. The molecule has 3 heterocycles. The van der Waals surface area contributed by atoms with Crippen LogP contribution in [0.3, 0.4) is 0 Å². The first kappa shape index (κ1) is 26.6. The van der Waals surface area contributed by atoms with Crippen LogP contribution in [0.5, 0.6) is 0 Å². The summed E-state index contributed by atoms with van der Waals surface area (Å²) in [7, 11) is 3.74. The van der Waals surface area contributed by atoms with Gasteiger partial charge in [0.05, 0.1) is 18.9 Å².